The van der Waals surface area contributed by atoms with Gasteiger partial charge in [-0.05, 0) is 42.7 Å². The SMILES string of the molecule is C/C=C\C(=C/C)C(C)(C)c1ccnc(C(C)(C)c2ccccc2)c1. The minimum Gasteiger partial charge on any atom is -0.260 e. The molecule has 1 heterocycles. The molecule has 0 aliphatic rings. The van der Waals surface area contributed by atoms with E-state index in [0.29, 0.717) is 0 Å². The number of aromatic nitrogens is 1. The lowest BCUT2D eigenvalue weighted by molar-refractivity contribution is 0.598. The Hall–Kier alpha value is -2.15. The van der Waals surface area contributed by atoms with Crippen LogP contribution in [0.25, 0.3) is 0 Å². The van der Waals surface area contributed by atoms with Crippen LogP contribution in [0.2, 0.25) is 0 Å². The molecular weight excluding hydrogens is 290 g/mol. The molecule has 1 heteroatoms. The number of pyridine rings is 1. The van der Waals surface area contributed by atoms with Crippen LogP contribution >= 0.6 is 0 Å². The van der Waals surface area contributed by atoms with E-state index in [-0.39, 0.29) is 10.8 Å². The van der Waals surface area contributed by atoms with Crippen LogP contribution in [0.5, 0.6) is 0 Å². The molecule has 0 amide bonds. The molecule has 0 saturated heterocycles. The monoisotopic (exact) mass is 319 g/mol. The number of hydrogen-bond donors (Lipinski definition) is 0. The third-order valence-electron chi connectivity index (χ3n) is 5.00. The Morgan fingerprint density at radius 2 is 1.58 bits per heavy atom. The van der Waals surface area contributed by atoms with Gasteiger partial charge in [0, 0.05) is 17.0 Å². The number of allylic oxidation sites excluding steroid dienone is 4. The molecule has 0 N–H and O–H groups in total. The zero-order valence-corrected chi connectivity index (χ0v) is 15.8. The molecule has 0 saturated carbocycles. The highest BCUT2D eigenvalue weighted by molar-refractivity contribution is 5.42. The Kier molecular flexibility index (Phi) is 5.43. The van der Waals surface area contributed by atoms with Crippen LogP contribution in [-0.4, -0.2) is 4.98 Å². The van der Waals surface area contributed by atoms with Gasteiger partial charge in [0.1, 0.15) is 0 Å². The molecule has 1 nitrogen and oxygen atoms in total. The molecule has 0 bridgehead atoms. The minimum atomic E-state index is -0.121. The van der Waals surface area contributed by atoms with Crippen molar-refractivity contribution in [3.05, 3.63) is 89.3 Å². The highest BCUT2D eigenvalue weighted by Gasteiger charge is 2.28. The molecule has 0 aliphatic heterocycles. The maximum absolute atomic E-state index is 4.69. The summed E-state index contributed by atoms with van der Waals surface area (Å²) < 4.78 is 0. The van der Waals surface area contributed by atoms with E-state index in [0.717, 1.165) is 5.69 Å². The molecule has 1 aromatic carbocycles. The van der Waals surface area contributed by atoms with Crippen LogP contribution < -0.4 is 0 Å². The maximum Gasteiger partial charge on any atom is 0.0506 e. The summed E-state index contributed by atoms with van der Waals surface area (Å²) >= 11 is 0. The van der Waals surface area contributed by atoms with E-state index in [4.69, 9.17) is 4.98 Å². The predicted octanol–water partition coefficient (Wildman–Crippen LogP) is 6.21. The van der Waals surface area contributed by atoms with Crippen molar-refractivity contribution in [2.24, 2.45) is 0 Å². The van der Waals surface area contributed by atoms with Crippen LogP contribution in [0.1, 0.15) is 58.4 Å². The van der Waals surface area contributed by atoms with E-state index >= 15 is 0 Å². The van der Waals surface area contributed by atoms with Gasteiger partial charge < -0.3 is 0 Å². The third-order valence-corrected chi connectivity index (χ3v) is 5.00. The first-order chi connectivity index (χ1) is 11.3. The van der Waals surface area contributed by atoms with Crippen molar-refractivity contribution >= 4 is 0 Å². The smallest absolute Gasteiger partial charge is 0.0506 e. The average molecular weight is 319 g/mol. The predicted molar refractivity (Wildman–Crippen MR) is 104 cm³/mol. The van der Waals surface area contributed by atoms with Crippen molar-refractivity contribution in [2.45, 2.75) is 52.4 Å². The van der Waals surface area contributed by atoms with E-state index in [1.165, 1.54) is 16.7 Å². The summed E-state index contributed by atoms with van der Waals surface area (Å²) in [6, 6.07) is 15.0. The number of nitrogens with zero attached hydrogens (tertiary/aromatic N) is 1. The molecule has 0 radical (unpaired) electrons. The summed E-state index contributed by atoms with van der Waals surface area (Å²) in [6.45, 7) is 13.2. The van der Waals surface area contributed by atoms with Crippen LogP contribution in [0.3, 0.4) is 0 Å². The Balaban J connectivity index is 2.50. The first-order valence-electron chi connectivity index (χ1n) is 8.66. The summed E-state index contributed by atoms with van der Waals surface area (Å²) in [5, 5.41) is 0. The first-order valence-corrected chi connectivity index (χ1v) is 8.66. The van der Waals surface area contributed by atoms with Crippen LogP contribution in [0, 0.1) is 0 Å². The van der Waals surface area contributed by atoms with Gasteiger partial charge in [-0.3, -0.25) is 4.98 Å². The normalized spacial score (nSPS) is 13.5. The fraction of sp³-hybridized carbons (Fsp3) is 0.348. The van der Waals surface area contributed by atoms with E-state index in [9.17, 15) is 0 Å². The van der Waals surface area contributed by atoms with Crippen molar-refractivity contribution in [2.75, 3.05) is 0 Å². The van der Waals surface area contributed by atoms with Crippen LogP contribution in [-0.2, 0) is 10.8 Å². The molecule has 2 rings (SSSR count). The molecule has 0 fully saturated rings. The third kappa shape index (κ3) is 3.51. The second-order valence-corrected chi connectivity index (χ2v) is 7.29. The zero-order valence-electron chi connectivity index (χ0n) is 15.8. The molecule has 0 aliphatic carbocycles. The van der Waals surface area contributed by atoms with E-state index in [2.05, 4.69) is 102 Å². The lowest BCUT2D eigenvalue weighted by Crippen LogP contribution is -2.24. The van der Waals surface area contributed by atoms with Crippen molar-refractivity contribution in [3.8, 4) is 0 Å². The summed E-state index contributed by atoms with van der Waals surface area (Å²) in [6.07, 6.45) is 8.44. The Morgan fingerprint density at radius 1 is 0.917 bits per heavy atom. The first kappa shape index (κ1) is 18.2. The zero-order chi connectivity index (χ0) is 17.8. The molecule has 1 aromatic heterocycles. The van der Waals surface area contributed by atoms with Gasteiger partial charge >= 0.3 is 0 Å². The number of rotatable bonds is 5. The number of hydrogen-bond acceptors (Lipinski definition) is 1. The van der Waals surface area contributed by atoms with Gasteiger partial charge in [-0.2, -0.15) is 0 Å². The van der Waals surface area contributed by atoms with E-state index in [1.54, 1.807) is 0 Å². The van der Waals surface area contributed by atoms with Crippen molar-refractivity contribution in [1.82, 2.24) is 4.98 Å². The van der Waals surface area contributed by atoms with Crippen molar-refractivity contribution in [3.63, 3.8) is 0 Å². The van der Waals surface area contributed by atoms with Gasteiger partial charge in [-0.15, -0.1) is 0 Å². The Morgan fingerprint density at radius 3 is 2.17 bits per heavy atom. The maximum atomic E-state index is 4.69. The van der Waals surface area contributed by atoms with Crippen LogP contribution in [0.4, 0.5) is 0 Å². The van der Waals surface area contributed by atoms with E-state index in [1.807, 2.05) is 6.20 Å². The summed E-state index contributed by atoms with van der Waals surface area (Å²) in [7, 11) is 0. The second kappa shape index (κ2) is 7.17. The number of benzene rings is 1. The summed E-state index contributed by atoms with van der Waals surface area (Å²) in [4.78, 5) is 4.69. The average Bonchev–Trinajstić information content (AvgIpc) is 2.60. The van der Waals surface area contributed by atoms with Gasteiger partial charge in [0.15, 0.2) is 0 Å². The lowest BCUT2D eigenvalue weighted by Gasteiger charge is -2.30. The van der Waals surface area contributed by atoms with Gasteiger partial charge in [0.05, 0.1) is 5.69 Å². The van der Waals surface area contributed by atoms with Crippen molar-refractivity contribution < 1.29 is 0 Å². The van der Waals surface area contributed by atoms with E-state index < -0.39 is 0 Å². The molecular formula is C23H29N. The Labute approximate surface area is 147 Å². The van der Waals surface area contributed by atoms with Gasteiger partial charge in [0.2, 0.25) is 0 Å². The largest absolute Gasteiger partial charge is 0.260 e. The quantitative estimate of drug-likeness (QED) is 0.597. The molecule has 0 spiro atoms. The lowest BCUT2D eigenvalue weighted by atomic mass is 9.75. The molecule has 126 valence electrons. The van der Waals surface area contributed by atoms with Crippen LogP contribution in [0.15, 0.2) is 72.5 Å². The highest BCUT2D eigenvalue weighted by atomic mass is 14.7. The molecule has 0 unspecified atom stereocenters. The summed E-state index contributed by atoms with van der Waals surface area (Å²) in [5.74, 6) is 0. The van der Waals surface area contributed by atoms with Gasteiger partial charge in [0.25, 0.3) is 0 Å². The topological polar surface area (TPSA) is 12.9 Å². The minimum absolute atomic E-state index is 0.0499. The highest BCUT2D eigenvalue weighted by Crippen LogP contribution is 2.36. The van der Waals surface area contributed by atoms with Crippen molar-refractivity contribution in [1.29, 1.82) is 0 Å². The molecule has 2 aromatic rings. The Bertz CT molecular complexity index is 734. The standard InChI is InChI=1S/C23H29N/c1-7-12-18(8-2)22(3,4)20-15-16-24-21(17-20)23(5,6)19-13-10-9-11-14-19/h7-17H,1-6H3/b12-7-,18-8+. The van der Waals surface area contributed by atoms with Gasteiger partial charge in [-0.25, -0.2) is 0 Å². The fourth-order valence-electron chi connectivity index (χ4n) is 3.18. The summed E-state index contributed by atoms with van der Waals surface area (Å²) in [5.41, 5.74) is 4.83. The second-order valence-electron chi connectivity index (χ2n) is 7.29. The molecule has 0 atom stereocenters. The molecule has 24 heavy (non-hydrogen) atoms. The fourth-order valence-corrected chi connectivity index (χ4v) is 3.18. The van der Waals surface area contributed by atoms with Gasteiger partial charge in [-0.1, -0.05) is 76.3 Å².